The average molecular weight is 301 g/mol. The topological polar surface area (TPSA) is 78.0 Å². The molecule has 0 amide bonds. The van der Waals surface area contributed by atoms with E-state index in [9.17, 15) is 14.9 Å². The Morgan fingerprint density at radius 1 is 1.41 bits per heavy atom. The zero-order chi connectivity index (χ0) is 16.4. The van der Waals surface area contributed by atoms with Crippen LogP contribution in [0.15, 0.2) is 24.3 Å². The molecule has 0 spiro atoms. The summed E-state index contributed by atoms with van der Waals surface area (Å²) in [5, 5.41) is 15.2. The van der Waals surface area contributed by atoms with Crippen LogP contribution in [0.2, 0.25) is 0 Å². The number of carbonyl (C=O) groups excluding carboxylic acids is 1. The van der Waals surface area contributed by atoms with Gasteiger partial charge in [0.05, 0.1) is 10.6 Å². The van der Waals surface area contributed by atoms with E-state index in [1.54, 1.807) is 6.07 Å². The molecule has 22 heavy (non-hydrogen) atoms. The molecule has 0 radical (unpaired) electrons. The summed E-state index contributed by atoms with van der Waals surface area (Å²) in [6, 6.07) is 5.71. The summed E-state index contributed by atoms with van der Waals surface area (Å²) in [5.41, 5.74) is 2.85. The third-order valence-corrected chi connectivity index (χ3v) is 3.95. The van der Waals surface area contributed by atoms with Crippen LogP contribution in [0.3, 0.4) is 0 Å². The molecule has 0 fully saturated rings. The molecule has 1 aromatic heterocycles. The van der Waals surface area contributed by atoms with E-state index in [4.69, 9.17) is 0 Å². The SMILES string of the molecule is CCC(C)c1c(C)nn(C(=O)c2cccc([N+](=O)[O-])c2)c1C. The maximum atomic E-state index is 12.6. The summed E-state index contributed by atoms with van der Waals surface area (Å²) in [6.07, 6.45) is 0.957. The Bertz CT molecular complexity index is 734. The van der Waals surface area contributed by atoms with Crippen molar-refractivity contribution in [2.24, 2.45) is 0 Å². The Balaban J connectivity index is 2.47. The third-order valence-electron chi connectivity index (χ3n) is 3.95. The summed E-state index contributed by atoms with van der Waals surface area (Å²) >= 11 is 0. The molecule has 0 bridgehead atoms. The zero-order valence-corrected chi connectivity index (χ0v) is 13.2. The van der Waals surface area contributed by atoms with Crippen LogP contribution < -0.4 is 0 Å². The van der Waals surface area contributed by atoms with Gasteiger partial charge in [-0.3, -0.25) is 14.9 Å². The maximum absolute atomic E-state index is 12.6. The second kappa shape index (κ2) is 6.09. The summed E-state index contributed by atoms with van der Waals surface area (Å²) in [4.78, 5) is 22.9. The molecule has 1 unspecified atom stereocenters. The number of hydrogen-bond donors (Lipinski definition) is 0. The van der Waals surface area contributed by atoms with Gasteiger partial charge in [0.15, 0.2) is 0 Å². The van der Waals surface area contributed by atoms with E-state index in [-0.39, 0.29) is 17.2 Å². The van der Waals surface area contributed by atoms with Crippen molar-refractivity contribution in [1.82, 2.24) is 9.78 Å². The van der Waals surface area contributed by atoms with Gasteiger partial charge in [0.2, 0.25) is 0 Å². The quantitative estimate of drug-likeness (QED) is 0.638. The largest absolute Gasteiger partial charge is 0.278 e. The molecule has 1 aromatic carbocycles. The molecule has 1 heterocycles. The van der Waals surface area contributed by atoms with Crippen molar-refractivity contribution < 1.29 is 9.72 Å². The van der Waals surface area contributed by atoms with E-state index in [1.165, 1.54) is 22.9 Å². The van der Waals surface area contributed by atoms with Gasteiger partial charge in [0, 0.05) is 23.4 Å². The van der Waals surface area contributed by atoms with E-state index in [0.717, 1.165) is 23.4 Å². The number of non-ortho nitro benzene ring substituents is 1. The van der Waals surface area contributed by atoms with Gasteiger partial charge in [-0.1, -0.05) is 19.9 Å². The highest BCUT2D eigenvalue weighted by Crippen LogP contribution is 2.26. The first-order valence-electron chi connectivity index (χ1n) is 7.22. The monoisotopic (exact) mass is 301 g/mol. The first kappa shape index (κ1) is 15.9. The van der Waals surface area contributed by atoms with Gasteiger partial charge in [0.25, 0.3) is 11.6 Å². The normalized spacial score (nSPS) is 12.2. The molecule has 2 aromatic rings. The number of rotatable bonds is 4. The van der Waals surface area contributed by atoms with Gasteiger partial charge in [-0.25, -0.2) is 4.68 Å². The van der Waals surface area contributed by atoms with Crippen LogP contribution in [0.4, 0.5) is 5.69 Å². The summed E-state index contributed by atoms with van der Waals surface area (Å²) in [7, 11) is 0. The highest BCUT2D eigenvalue weighted by atomic mass is 16.6. The van der Waals surface area contributed by atoms with Crippen LogP contribution in [-0.4, -0.2) is 20.6 Å². The van der Waals surface area contributed by atoms with E-state index in [2.05, 4.69) is 18.9 Å². The summed E-state index contributed by atoms with van der Waals surface area (Å²) < 4.78 is 1.34. The van der Waals surface area contributed by atoms with Gasteiger partial charge in [-0.05, 0) is 37.8 Å². The Hall–Kier alpha value is -2.50. The van der Waals surface area contributed by atoms with Crippen molar-refractivity contribution in [3.8, 4) is 0 Å². The van der Waals surface area contributed by atoms with Crippen LogP contribution in [0.1, 0.15) is 53.5 Å². The molecule has 0 aliphatic rings. The fraction of sp³-hybridized carbons (Fsp3) is 0.375. The lowest BCUT2D eigenvalue weighted by Gasteiger charge is -2.09. The lowest BCUT2D eigenvalue weighted by atomic mass is 9.97. The number of aromatic nitrogens is 2. The second-order valence-electron chi connectivity index (χ2n) is 5.42. The molecule has 0 saturated heterocycles. The van der Waals surface area contributed by atoms with Crippen LogP contribution >= 0.6 is 0 Å². The number of carbonyl (C=O) groups is 1. The molecule has 2 rings (SSSR count). The van der Waals surface area contributed by atoms with Crippen molar-refractivity contribution in [3.05, 3.63) is 56.9 Å². The van der Waals surface area contributed by atoms with Gasteiger partial charge in [-0.15, -0.1) is 0 Å². The molecule has 116 valence electrons. The third kappa shape index (κ3) is 2.77. The number of nitro benzene ring substituents is 1. The summed E-state index contributed by atoms with van der Waals surface area (Å²) in [6.45, 7) is 7.92. The van der Waals surface area contributed by atoms with Crippen molar-refractivity contribution in [2.75, 3.05) is 0 Å². The lowest BCUT2D eigenvalue weighted by Crippen LogP contribution is -2.15. The molecule has 0 saturated carbocycles. The molecular weight excluding hydrogens is 282 g/mol. The number of nitro groups is 1. The molecule has 0 aliphatic heterocycles. The fourth-order valence-electron chi connectivity index (χ4n) is 2.64. The van der Waals surface area contributed by atoms with Gasteiger partial charge in [-0.2, -0.15) is 5.10 Å². The highest BCUT2D eigenvalue weighted by Gasteiger charge is 2.21. The molecular formula is C16H19N3O3. The van der Waals surface area contributed by atoms with Crippen molar-refractivity contribution in [1.29, 1.82) is 0 Å². The number of nitrogens with zero attached hydrogens (tertiary/aromatic N) is 3. The first-order valence-corrected chi connectivity index (χ1v) is 7.22. The van der Waals surface area contributed by atoms with Crippen molar-refractivity contribution >= 4 is 11.6 Å². The molecule has 0 aliphatic carbocycles. The minimum Gasteiger partial charge on any atom is -0.267 e. The molecule has 0 N–H and O–H groups in total. The second-order valence-corrected chi connectivity index (χ2v) is 5.42. The number of benzene rings is 1. The Morgan fingerprint density at radius 2 is 2.09 bits per heavy atom. The zero-order valence-electron chi connectivity index (χ0n) is 13.2. The van der Waals surface area contributed by atoms with Gasteiger partial charge in [0.1, 0.15) is 0 Å². The van der Waals surface area contributed by atoms with E-state index >= 15 is 0 Å². The Morgan fingerprint density at radius 3 is 2.68 bits per heavy atom. The molecule has 6 heteroatoms. The van der Waals surface area contributed by atoms with E-state index in [0.29, 0.717) is 5.92 Å². The van der Waals surface area contributed by atoms with Crippen LogP contribution in [0.25, 0.3) is 0 Å². The minimum absolute atomic E-state index is 0.102. The molecule has 1 atom stereocenters. The number of hydrogen-bond acceptors (Lipinski definition) is 4. The highest BCUT2D eigenvalue weighted by molar-refractivity contribution is 5.96. The Kier molecular flexibility index (Phi) is 4.40. The first-order chi connectivity index (χ1) is 10.4. The minimum atomic E-state index is -0.511. The number of aryl methyl sites for hydroxylation is 1. The molecule has 6 nitrogen and oxygen atoms in total. The van der Waals surface area contributed by atoms with Gasteiger partial charge < -0.3 is 0 Å². The van der Waals surface area contributed by atoms with Crippen molar-refractivity contribution in [2.45, 2.75) is 40.0 Å². The van der Waals surface area contributed by atoms with Crippen LogP contribution in [0.5, 0.6) is 0 Å². The standard InChI is InChI=1S/C16H19N3O3/c1-5-10(2)15-11(3)17-18(12(15)4)16(20)13-7-6-8-14(9-13)19(21)22/h6-10H,5H2,1-4H3. The smallest absolute Gasteiger partial charge is 0.267 e. The average Bonchev–Trinajstić information content (AvgIpc) is 2.80. The lowest BCUT2D eigenvalue weighted by molar-refractivity contribution is -0.384. The predicted octanol–water partition coefficient (Wildman–Crippen LogP) is 3.61. The fourth-order valence-corrected chi connectivity index (χ4v) is 2.64. The summed E-state index contributed by atoms with van der Waals surface area (Å²) in [5.74, 6) is -0.0366. The maximum Gasteiger partial charge on any atom is 0.278 e. The van der Waals surface area contributed by atoms with E-state index < -0.39 is 4.92 Å². The predicted molar refractivity (Wildman–Crippen MR) is 83.2 cm³/mol. The van der Waals surface area contributed by atoms with E-state index in [1.807, 2.05) is 13.8 Å². The van der Waals surface area contributed by atoms with Crippen molar-refractivity contribution in [3.63, 3.8) is 0 Å². The van der Waals surface area contributed by atoms with Gasteiger partial charge >= 0.3 is 0 Å². The van der Waals surface area contributed by atoms with Crippen LogP contribution in [0, 0.1) is 24.0 Å². The van der Waals surface area contributed by atoms with Crippen LogP contribution in [-0.2, 0) is 0 Å². The Labute approximate surface area is 128 Å².